The number of rotatable bonds is 5. The van der Waals surface area contributed by atoms with Crippen LogP contribution in [0, 0.1) is 5.41 Å². The summed E-state index contributed by atoms with van der Waals surface area (Å²) in [5, 5.41) is 7.58. The highest BCUT2D eigenvalue weighted by Crippen LogP contribution is 2.39. The number of hydrogen-bond acceptors (Lipinski definition) is 6. The second-order valence-corrected chi connectivity index (χ2v) is 7.86. The highest BCUT2D eigenvalue weighted by Gasteiger charge is 2.34. The van der Waals surface area contributed by atoms with Crippen LogP contribution in [-0.2, 0) is 5.54 Å². The van der Waals surface area contributed by atoms with E-state index in [1.54, 1.807) is 6.20 Å². The molecule has 154 valence electrons. The lowest BCUT2D eigenvalue weighted by molar-refractivity contribution is 0.253. The molecule has 4 aromatic rings. The number of aromatic nitrogens is 4. The van der Waals surface area contributed by atoms with Gasteiger partial charge in [0, 0.05) is 29.2 Å². The molecule has 0 saturated heterocycles. The minimum Gasteiger partial charge on any atom is -0.404 e. The van der Waals surface area contributed by atoms with Gasteiger partial charge >= 0.3 is 0 Å². The number of nitrogens with zero attached hydrogens (tertiary/aromatic N) is 4. The SMILES string of the molecule is N=C/C(=C\N)c1ncc2nc(-c3ccccc3)n(-c3ccc(C4(N)CCC4)cc3)c2n1. The van der Waals surface area contributed by atoms with Gasteiger partial charge in [-0.1, -0.05) is 42.5 Å². The van der Waals surface area contributed by atoms with E-state index in [0.29, 0.717) is 22.6 Å². The van der Waals surface area contributed by atoms with Crippen molar-refractivity contribution in [1.82, 2.24) is 19.5 Å². The zero-order valence-electron chi connectivity index (χ0n) is 17.0. The van der Waals surface area contributed by atoms with Crippen molar-refractivity contribution >= 4 is 23.0 Å². The van der Waals surface area contributed by atoms with Gasteiger partial charge in [0.15, 0.2) is 11.5 Å². The van der Waals surface area contributed by atoms with Crippen molar-refractivity contribution < 1.29 is 0 Å². The smallest absolute Gasteiger partial charge is 0.169 e. The molecule has 5 rings (SSSR count). The first-order valence-corrected chi connectivity index (χ1v) is 10.3. The van der Waals surface area contributed by atoms with E-state index >= 15 is 0 Å². The van der Waals surface area contributed by atoms with E-state index in [9.17, 15) is 0 Å². The fourth-order valence-corrected chi connectivity index (χ4v) is 4.01. The molecular formula is C24H23N7. The van der Waals surface area contributed by atoms with E-state index in [0.717, 1.165) is 41.7 Å². The summed E-state index contributed by atoms with van der Waals surface area (Å²) >= 11 is 0. The Hall–Kier alpha value is -3.84. The van der Waals surface area contributed by atoms with E-state index in [2.05, 4.69) is 29.2 Å². The van der Waals surface area contributed by atoms with E-state index < -0.39 is 0 Å². The number of imidazole rings is 1. The maximum Gasteiger partial charge on any atom is 0.169 e. The largest absolute Gasteiger partial charge is 0.404 e. The molecule has 7 nitrogen and oxygen atoms in total. The van der Waals surface area contributed by atoms with Crippen molar-refractivity contribution in [2.24, 2.45) is 11.5 Å². The van der Waals surface area contributed by atoms with E-state index in [1.165, 1.54) is 12.6 Å². The van der Waals surface area contributed by atoms with Gasteiger partial charge in [0.05, 0.1) is 11.8 Å². The van der Waals surface area contributed by atoms with Gasteiger partial charge in [-0.15, -0.1) is 0 Å². The van der Waals surface area contributed by atoms with Crippen molar-refractivity contribution in [3.8, 4) is 17.1 Å². The van der Waals surface area contributed by atoms with Crippen LogP contribution in [0.5, 0.6) is 0 Å². The summed E-state index contributed by atoms with van der Waals surface area (Å²) in [6.07, 6.45) is 7.36. The summed E-state index contributed by atoms with van der Waals surface area (Å²) in [6.45, 7) is 0. The number of allylic oxidation sites excluding steroid dienone is 1. The minimum absolute atomic E-state index is 0.210. The number of nitrogens with two attached hydrogens (primary N) is 2. The Morgan fingerprint density at radius 2 is 1.77 bits per heavy atom. The summed E-state index contributed by atoms with van der Waals surface area (Å²) in [6, 6.07) is 18.3. The number of nitrogens with one attached hydrogen (secondary N) is 1. The first-order valence-electron chi connectivity index (χ1n) is 10.3. The van der Waals surface area contributed by atoms with Crippen molar-refractivity contribution in [2.45, 2.75) is 24.8 Å². The second kappa shape index (κ2) is 7.45. The normalized spacial score (nSPS) is 15.6. The van der Waals surface area contributed by atoms with Gasteiger partial charge < -0.3 is 16.9 Å². The van der Waals surface area contributed by atoms with Gasteiger partial charge in [-0.2, -0.15) is 0 Å². The third-order valence-electron chi connectivity index (χ3n) is 5.97. The standard InChI is InChI=1S/C24H23N7/c25-13-17(14-26)21-28-15-20-23(30-21)31(22(29-20)16-5-2-1-3-6-16)19-9-7-18(8-10-19)24(27)11-4-12-24/h1-3,5-10,13-15,25H,4,11-12,26-27H2/b17-14+,25-13?. The minimum atomic E-state index is -0.210. The van der Waals surface area contributed by atoms with E-state index in [-0.39, 0.29) is 5.54 Å². The average molecular weight is 409 g/mol. The molecule has 0 amide bonds. The van der Waals surface area contributed by atoms with Crippen LogP contribution in [-0.4, -0.2) is 25.7 Å². The molecule has 2 aromatic carbocycles. The summed E-state index contributed by atoms with van der Waals surface area (Å²) in [4.78, 5) is 13.9. The monoisotopic (exact) mass is 409 g/mol. The fraction of sp³-hybridized carbons (Fsp3) is 0.167. The molecule has 5 N–H and O–H groups in total. The zero-order chi connectivity index (χ0) is 21.4. The molecule has 0 atom stereocenters. The van der Waals surface area contributed by atoms with Crippen LogP contribution < -0.4 is 11.5 Å². The van der Waals surface area contributed by atoms with E-state index in [4.69, 9.17) is 26.8 Å². The van der Waals surface area contributed by atoms with Crippen molar-refractivity contribution in [3.63, 3.8) is 0 Å². The van der Waals surface area contributed by atoms with Gasteiger partial charge in [0.2, 0.25) is 0 Å². The topological polar surface area (TPSA) is 119 Å². The first-order chi connectivity index (χ1) is 15.1. The third-order valence-corrected chi connectivity index (χ3v) is 5.97. The second-order valence-electron chi connectivity index (χ2n) is 7.86. The molecular weight excluding hydrogens is 386 g/mol. The zero-order valence-corrected chi connectivity index (χ0v) is 17.0. The highest BCUT2D eigenvalue weighted by molar-refractivity contribution is 6.06. The quantitative estimate of drug-likeness (QED) is 0.434. The Balaban J connectivity index is 1.71. The Morgan fingerprint density at radius 3 is 2.39 bits per heavy atom. The molecule has 0 aliphatic heterocycles. The molecule has 1 aliphatic rings. The van der Waals surface area contributed by atoms with Crippen LogP contribution in [0.25, 0.3) is 33.8 Å². The molecule has 0 radical (unpaired) electrons. The molecule has 1 fully saturated rings. The summed E-state index contributed by atoms with van der Waals surface area (Å²) in [5.41, 5.74) is 16.8. The van der Waals surface area contributed by atoms with Crippen LogP contribution >= 0.6 is 0 Å². The lowest BCUT2D eigenvalue weighted by atomic mass is 9.73. The Morgan fingerprint density at radius 1 is 1.03 bits per heavy atom. The Bertz CT molecular complexity index is 1280. The first kappa shape index (κ1) is 19.1. The van der Waals surface area contributed by atoms with Gasteiger partial charge in [0.25, 0.3) is 0 Å². The Kier molecular flexibility index (Phi) is 4.60. The maximum absolute atomic E-state index is 7.58. The molecule has 2 heterocycles. The van der Waals surface area contributed by atoms with Gasteiger partial charge in [0.1, 0.15) is 11.3 Å². The predicted octanol–water partition coefficient (Wildman–Crippen LogP) is 3.77. The summed E-state index contributed by atoms with van der Waals surface area (Å²) in [7, 11) is 0. The van der Waals surface area contributed by atoms with Crippen LogP contribution in [0.15, 0.2) is 67.0 Å². The number of hydrogen-bond donors (Lipinski definition) is 3. The predicted molar refractivity (Wildman–Crippen MR) is 123 cm³/mol. The fourth-order valence-electron chi connectivity index (χ4n) is 4.01. The van der Waals surface area contributed by atoms with Gasteiger partial charge in [-0.25, -0.2) is 15.0 Å². The highest BCUT2D eigenvalue weighted by atomic mass is 15.2. The summed E-state index contributed by atoms with van der Waals surface area (Å²) < 4.78 is 2.02. The molecule has 0 spiro atoms. The van der Waals surface area contributed by atoms with Crippen LogP contribution in [0.3, 0.4) is 0 Å². The third kappa shape index (κ3) is 3.19. The van der Waals surface area contributed by atoms with E-state index in [1.807, 2.05) is 34.9 Å². The molecule has 0 unspecified atom stereocenters. The number of fused-ring (bicyclic) bond motifs is 1. The molecule has 0 bridgehead atoms. The van der Waals surface area contributed by atoms with Crippen LogP contribution in [0.2, 0.25) is 0 Å². The maximum atomic E-state index is 7.58. The van der Waals surface area contributed by atoms with Crippen molar-refractivity contribution in [2.75, 3.05) is 0 Å². The molecule has 2 aromatic heterocycles. The lowest BCUT2D eigenvalue weighted by Gasteiger charge is -2.38. The lowest BCUT2D eigenvalue weighted by Crippen LogP contribution is -2.43. The van der Waals surface area contributed by atoms with Crippen molar-refractivity contribution in [1.29, 1.82) is 5.41 Å². The molecule has 7 heteroatoms. The molecule has 31 heavy (non-hydrogen) atoms. The Labute approximate surface area is 180 Å². The van der Waals surface area contributed by atoms with Crippen LogP contribution in [0.4, 0.5) is 0 Å². The van der Waals surface area contributed by atoms with Gasteiger partial charge in [-0.05, 0) is 37.0 Å². The van der Waals surface area contributed by atoms with Crippen LogP contribution in [0.1, 0.15) is 30.7 Å². The van der Waals surface area contributed by atoms with Crippen molar-refractivity contribution in [3.05, 3.63) is 78.4 Å². The molecule has 1 aliphatic carbocycles. The number of benzene rings is 2. The van der Waals surface area contributed by atoms with Gasteiger partial charge in [-0.3, -0.25) is 4.57 Å². The average Bonchev–Trinajstić information content (AvgIpc) is 3.18. The summed E-state index contributed by atoms with van der Waals surface area (Å²) in [5.74, 6) is 1.16. The molecule has 1 saturated carbocycles.